The molecule has 2 amide bonds. The molecule has 1 atom stereocenters. The van der Waals surface area contributed by atoms with Gasteiger partial charge in [0, 0.05) is 6.42 Å². The average Bonchev–Trinajstić information content (AvgIpc) is 2.79. The predicted octanol–water partition coefficient (Wildman–Crippen LogP) is 0.978. The molecule has 1 aromatic carbocycles. The van der Waals surface area contributed by atoms with Crippen molar-refractivity contribution in [3.05, 3.63) is 12.1 Å². The molecule has 0 saturated carbocycles. The highest BCUT2D eigenvalue weighted by Gasteiger charge is 2.34. The number of aromatic hydroxyl groups is 2. The zero-order valence-corrected chi connectivity index (χ0v) is 11.8. The van der Waals surface area contributed by atoms with Crippen LogP contribution in [0.1, 0.15) is 18.9 Å². The minimum atomic E-state index is -0.954. The maximum absolute atomic E-state index is 12.0. The lowest BCUT2D eigenvalue weighted by molar-refractivity contribution is -0.135. The van der Waals surface area contributed by atoms with Crippen molar-refractivity contribution >= 4 is 34.0 Å². The van der Waals surface area contributed by atoms with E-state index >= 15 is 0 Å². The second kappa shape index (κ2) is 5.25. The lowest BCUT2D eigenvalue weighted by Crippen LogP contribution is -2.41. The summed E-state index contributed by atoms with van der Waals surface area (Å²) in [5, 5.41) is 26.6. The summed E-state index contributed by atoms with van der Waals surface area (Å²) in [5.74, 6) is 3.55. The van der Waals surface area contributed by atoms with E-state index in [1.165, 1.54) is 12.1 Å². The quantitative estimate of drug-likeness (QED) is 0.213. The number of amides is 2. The topological polar surface area (TPSA) is 166 Å². The first kappa shape index (κ1) is 14.8. The SMILES string of the molecule is N=Nc1ccc(NN)c2c(O)n([C@@H]3CCC(=O)NC3=O)c(O)c12. The van der Waals surface area contributed by atoms with Gasteiger partial charge in [-0.25, -0.2) is 5.53 Å². The number of imide groups is 1. The molecule has 0 spiro atoms. The van der Waals surface area contributed by atoms with Crippen LogP contribution in [0.2, 0.25) is 0 Å². The smallest absolute Gasteiger partial charge is 0.249 e. The molecule has 1 aliphatic rings. The summed E-state index contributed by atoms with van der Waals surface area (Å²) < 4.78 is 1.02. The number of hydrogen-bond donors (Lipinski definition) is 6. The number of hydrogen-bond acceptors (Lipinski definition) is 8. The highest BCUT2D eigenvalue weighted by Crippen LogP contribution is 2.47. The van der Waals surface area contributed by atoms with E-state index in [0.29, 0.717) is 5.69 Å². The Balaban J connectivity index is 2.28. The second-order valence-electron chi connectivity index (χ2n) is 5.12. The van der Waals surface area contributed by atoms with Crippen molar-refractivity contribution in [3.8, 4) is 11.8 Å². The molecule has 1 aliphatic heterocycles. The summed E-state index contributed by atoms with van der Waals surface area (Å²) >= 11 is 0. The molecule has 2 aromatic rings. The summed E-state index contributed by atoms with van der Waals surface area (Å²) in [7, 11) is 0. The Morgan fingerprint density at radius 1 is 1.30 bits per heavy atom. The van der Waals surface area contributed by atoms with Crippen molar-refractivity contribution < 1.29 is 19.8 Å². The Morgan fingerprint density at radius 2 is 2.00 bits per heavy atom. The molecule has 0 radical (unpaired) electrons. The number of nitrogens with one attached hydrogen (secondary N) is 3. The number of nitrogens with two attached hydrogens (primary N) is 1. The van der Waals surface area contributed by atoms with Gasteiger partial charge in [-0.15, -0.1) is 0 Å². The monoisotopic (exact) mass is 318 g/mol. The number of carbonyl (C=O) groups excluding carboxylic acids is 2. The highest BCUT2D eigenvalue weighted by atomic mass is 16.3. The van der Waals surface area contributed by atoms with E-state index in [1.807, 2.05) is 0 Å². The lowest BCUT2D eigenvalue weighted by Gasteiger charge is -2.23. The molecule has 1 saturated heterocycles. The van der Waals surface area contributed by atoms with Gasteiger partial charge in [0.25, 0.3) is 0 Å². The molecule has 0 aliphatic carbocycles. The summed E-state index contributed by atoms with van der Waals surface area (Å²) in [6.07, 6.45) is 0.215. The first-order valence-corrected chi connectivity index (χ1v) is 6.76. The molecule has 1 aromatic heterocycles. The number of piperidine rings is 1. The molecule has 0 bridgehead atoms. The fourth-order valence-corrected chi connectivity index (χ4v) is 2.83. The third kappa shape index (κ3) is 2.07. The zero-order chi connectivity index (χ0) is 16.7. The first-order valence-electron chi connectivity index (χ1n) is 6.76. The molecule has 23 heavy (non-hydrogen) atoms. The largest absolute Gasteiger partial charge is 0.494 e. The maximum atomic E-state index is 12.0. The molecule has 7 N–H and O–H groups in total. The number of rotatable bonds is 3. The van der Waals surface area contributed by atoms with Crippen molar-refractivity contribution in [2.75, 3.05) is 5.43 Å². The molecule has 120 valence electrons. The van der Waals surface area contributed by atoms with Crippen LogP contribution < -0.4 is 16.6 Å². The predicted molar refractivity (Wildman–Crippen MR) is 79.3 cm³/mol. The molecule has 3 rings (SSSR count). The van der Waals surface area contributed by atoms with Crippen molar-refractivity contribution in [1.82, 2.24) is 9.88 Å². The van der Waals surface area contributed by atoms with Gasteiger partial charge in [0.2, 0.25) is 23.6 Å². The Bertz CT molecular complexity index is 843. The number of hydrazine groups is 1. The Hall–Kier alpha value is -3.14. The van der Waals surface area contributed by atoms with Gasteiger partial charge in [-0.05, 0) is 18.6 Å². The van der Waals surface area contributed by atoms with Crippen LogP contribution in [0, 0.1) is 5.53 Å². The van der Waals surface area contributed by atoms with Gasteiger partial charge in [0.05, 0.1) is 22.1 Å². The standard InChI is InChI=1S/C13H14N6O4/c14-17-5-1-2-6(18-15)10-9(5)12(22)19(13(10)23)7-3-4-8(20)16-11(7)21/h1-2,7,14,18,22-23H,3-4,15H2,(H,16,20,21)/t7-/m1/s1. The number of carbonyl (C=O) groups is 2. The van der Waals surface area contributed by atoms with E-state index in [9.17, 15) is 19.8 Å². The maximum Gasteiger partial charge on any atom is 0.249 e. The van der Waals surface area contributed by atoms with Gasteiger partial charge in [-0.2, -0.15) is 5.11 Å². The van der Waals surface area contributed by atoms with Crippen molar-refractivity contribution in [3.63, 3.8) is 0 Å². The van der Waals surface area contributed by atoms with Gasteiger partial charge in [0.15, 0.2) is 0 Å². The summed E-state index contributed by atoms with van der Waals surface area (Å²) in [5.41, 5.74) is 9.98. The van der Waals surface area contributed by atoms with E-state index < -0.39 is 29.6 Å². The van der Waals surface area contributed by atoms with Crippen LogP contribution in [0.25, 0.3) is 10.8 Å². The minimum absolute atomic E-state index is 0.0848. The van der Waals surface area contributed by atoms with Crippen LogP contribution in [-0.2, 0) is 9.59 Å². The summed E-state index contributed by atoms with van der Waals surface area (Å²) in [4.78, 5) is 23.3. The van der Waals surface area contributed by atoms with Crippen LogP contribution in [-0.4, -0.2) is 26.6 Å². The third-order valence-electron chi connectivity index (χ3n) is 3.88. The number of anilines is 1. The molecule has 1 fully saturated rings. The van der Waals surface area contributed by atoms with Crippen LogP contribution >= 0.6 is 0 Å². The van der Waals surface area contributed by atoms with Crippen LogP contribution in [0.4, 0.5) is 11.4 Å². The number of fused-ring (bicyclic) bond motifs is 1. The fourth-order valence-electron chi connectivity index (χ4n) is 2.83. The molecule has 10 nitrogen and oxygen atoms in total. The number of nitrogen functional groups attached to an aromatic ring is 1. The number of aromatic nitrogens is 1. The van der Waals surface area contributed by atoms with Crippen molar-refractivity contribution in [2.24, 2.45) is 11.0 Å². The number of nitrogens with zero attached hydrogens (tertiary/aromatic N) is 2. The van der Waals surface area contributed by atoms with E-state index in [4.69, 9.17) is 11.4 Å². The summed E-state index contributed by atoms with van der Waals surface area (Å²) in [6.45, 7) is 0. The molecule has 2 heterocycles. The van der Waals surface area contributed by atoms with E-state index in [1.54, 1.807) is 0 Å². The zero-order valence-electron chi connectivity index (χ0n) is 11.8. The Morgan fingerprint density at radius 3 is 2.61 bits per heavy atom. The minimum Gasteiger partial charge on any atom is -0.494 e. The van der Waals surface area contributed by atoms with Crippen LogP contribution in [0.15, 0.2) is 17.2 Å². The Kier molecular flexibility index (Phi) is 3.37. The fraction of sp³-hybridized carbons (Fsp3) is 0.231. The van der Waals surface area contributed by atoms with E-state index in [2.05, 4.69) is 15.9 Å². The van der Waals surface area contributed by atoms with Gasteiger partial charge < -0.3 is 15.6 Å². The second-order valence-corrected chi connectivity index (χ2v) is 5.12. The Labute approximate surface area is 129 Å². The third-order valence-corrected chi connectivity index (χ3v) is 3.88. The molecular weight excluding hydrogens is 304 g/mol. The normalized spacial score (nSPS) is 18.0. The average molecular weight is 318 g/mol. The van der Waals surface area contributed by atoms with E-state index in [-0.39, 0.29) is 29.3 Å². The van der Waals surface area contributed by atoms with Crippen molar-refractivity contribution in [2.45, 2.75) is 18.9 Å². The van der Waals surface area contributed by atoms with Gasteiger partial charge >= 0.3 is 0 Å². The van der Waals surface area contributed by atoms with Crippen molar-refractivity contribution in [1.29, 1.82) is 5.53 Å². The number of benzene rings is 1. The van der Waals surface area contributed by atoms with E-state index in [0.717, 1.165) is 4.57 Å². The summed E-state index contributed by atoms with van der Waals surface area (Å²) in [6, 6.07) is 1.98. The molecule has 0 unspecified atom stereocenters. The highest BCUT2D eigenvalue weighted by molar-refractivity contribution is 6.09. The van der Waals surface area contributed by atoms with Gasteiger partial charge in [-0.3, -0.25) is 25.3 Å². The first-order chi connectivity index (χ1) is 11.0. The molecular formula is C13H14N6O4. The lowest BCUT2D eigenvalue weighted by atomic mass is 10.1. The molecule has 10 heteroatoms. The van der Waals surface area contributed by atoms with Gasteiger partial charge in [-0.1, -0.05) is 0 Å². The van der Waals surface area contributed by atoms with Crippen LogP contribution in [0.5, 0.6) is 11.8 Å². The van der Waals surface area contributed by atoms with Gasteiger partial charge in [0.1, 0.15) is 6.04 Å². The van der Waals surface area contributed by atoms with Crippen LogP contribution in [0.3, 0.4) is 0 Å².